The SMILES string of the molecule is NC(=O)[C@H](Sc1nnc(N2CCCC2)n1C1CC1)c1ccccc1. The Morgan fingerprint density at radius 2 is 1.88 bits per heavy atom. The average Bonchev–Trinajstić information content (AvgIpc) is 3.11. The lowest BCUT2D eigenvalue weighted by atomic mass is 10.1. The van der Waals surface area contributed by atoms with E-state index in [2.05, 4.69) is 19.7 Å². The molecular formula is C17H21N5OS. The first-order chi connectivity index (χ1) is 11.7. The number of nitrogens with zero attached hydrogens (tertiary/aromatic N) is 4. The highest BCUT2D eigenvalue weighted by Crippen LogP contribution is 2.44. The molecule has 0 bridgehead atoms. The van der Waals surface area contributed by atoms with Crippen molar-refractivity contribution in [2.24, 2.45) is 5.73 Å². The van der Waals surface area contributed by atoms with Crippen molar-refractivity contribution in [1.29, 1.82) is 0 Å². The van der Waals surface area contributed by atoms with E-state index in [4.69, 9.17) is 5.73 Å². The number of rotatable bonds is 6. The second kappa shape index (κ2) is 6.47. The smallest absolute Gasteiger partial charge is 0.235 e. The number of benzene rings is 1. The zero-order valence-electron chi connectivity index (χ0n) is 13.5. The van der Waals surface area contributed by atoms with Crippen LogP contribution < -0.4 is 10.6 Å². The molecule has 24 heavy (non-hydrogen) atoms. The van der Waals surface area contributed by atoms with Crippen LogP contribution in [0.2, 0.25) is 0 Å². The third-order valence-electron chi connectivity index (χ3n) is 4.53. The molecule has 2 N–H and O–H groups in total. The van der Waals surface area contributed by atoms with Gasteiger partial charge in [0.25, 0.3) is 0 Å². The van der Waals surface area contributed by atoms with E-state index in [1.807, 2.05) is 30.3 Å². The summed E-state index contributed by atoms with van der Waals surface area (Å²) in [7, 11) is 0. The van der Waals surface area contributed by atoms with Crippen LogP contribution in [0.5, 0.6) is 0 Å². The van der Waals surface area contributed by atoms with E-state index in [0.29, 0.717) is 6.04 Å². The zero-order valence-corrected chi connectivity index (χ0v) is 14.3. The number of amides is 1. The third kappa shape index (κ3) is 3.00. The molecule has 1 saturated heterocycles. The van der Waals surface area contributed by atoms with Crippen molar-refractivity contribution in [3.8, 4) is 0 Å². The zero-order chi connectivity index (χ0) is 16.5. The van der Waals surface area contributed by atoms with Crippen LogP contribution >= 0.6 is 11.8 Å². The normalized spacial score (nSPS) is 18.8. The number of thioether (sulfide) groups is 1. The van der Waals surface area contributed by atoms with Crippen LogP contribution in [0, 0.1) is 0 Å². The predicted octanol–water partition coefficient (Wildman–Crippen LogP) is 2.53. The fraction of sp³-hybridized carbons (Fsp3) is 0.471. The first kappa shape index (κ1) is 15.5. The molecule has 1 aliphatic heterocycles. The molecule has 1 atom stereocenters. The van der Waals surface area contributed by atoms with Gasteiger partial charge in [-0.05, 0) is 31.2 Å². The molecule has 0 radical (unpaired) electrons. The molecule has 6 nitrogen and oxygen atoms in total. The number of anilines is 1. The minimum atomic E-state index is -0.445. The number of carbonyl (C=O) groups excluding carboxylic acids is 1. The molecule has 7 heteroatoms. The fourth-order valence-electron chi connectivity index (χ4n) is 3.16. The van der Waals surface area contributed by atoms with Crippen LogP contribution in [0.1, 0.15) is 42.5 Å². The van der Waals surface area contributed by atoms with Crippen molar-refractivity contribution in [3.63, 3.8) is 0 Å². The molecule has 1 aliphatic carbocycles. The van der Waals surface area contributed by atoms with Crippen molar-refractivity contribution in [2.75, 3.05) is 18.0 Å². The van der Waals surface area contributed by atoms with E-state index in [1.165, 1.54) is 24.6 Å². The summed E-state index contributed by atoms with van der Waals surface area (Å²) in [6, 6.07) is 10.1. The van der Waals surface area contributed by atoms with Gasteiger partial charge in [0.2, 0.25) is 11.9 Å². The highest BCUT2D eigenvalue weighted by molar-refractivity contribution is 8.00. The summed E-state index contributed by atoms with van der Waals surface area (Å²) in [4.78, 5) is 14.3. The van der Waals surface area contributed by atoms with Crippen molar-refractivity contribution >= 4 is 23.6 Å². The molecular weight excluding hydrogens is 322 g/mol. The molecule has 2 aromatic rings. The molecule has 1 aromatic heterocycles. The Hall–Kier alpha value is -2.02. The Morgan fingerprint density at radius 3 is 2.50 bits per heavy atom. The van der Waals surface area contributed by atoms with Crippen molar-refractivity contribution in [3.05, 3.63) is 35.9 Å². The Bertz CT molecular complexity index is 722. The first-order valence-electron chi connectivity index (χ1n) is 8.45. The number of carbonyl (C=O) groups is 1. The van der Waals surface area contributed by atoms with E-state index in [1.54, 1.807) is 0 Å². The van der Waals surface area contributed by atoms with Gasteiger partial charge < -0.3 is 10.6 Å². The molecule has 0 unspecified atom stereocenters. The maximum Gasteiger partial charge on any atom is 0.235 e. The van der Waals surface area contributed by atoms with E-state index < -0.39 is 5.25 Å². The van der Waals surface area contributed by atoms with Crippen LogP contribution in [0.4, 0.5) is 5.95 Å². The number of primary amides is 1. The van der Waals surface area contributed by atoms with Crippen LogP contribution in [-0.4, -0.2) is 33.8 Å². The fourth-order valence-corrected chi connectivity index (χ4v) is 4.21. The molecule has 1 amide bonds. The lowest BCUT2D eigenvalue weighted by Gasteiger charge is -2.19. The predicted molar refractivity (Wildman–Crippen MR) is 94.0 cm³/mol. The summed E-state index contributed by atoms with van der Waals surface area (Å²) in [5.41, 5.74) is 6.57. The highest BCUT2D eigenvalue weighted by Gasteiger charge is 2.34. The highest BCUT2D eigenvalue weighted by atomic mass is 32.2. The second-order valence-electron chi connectivity index (χ2n) is 6.39. The Balaban J connectivity index is 1.64. The molecule has 2 aliphatic rings. The maximum absolute atomic E-state index is 12.0. The van der Waals surface area contributed by atoms with E-state index in [0.717, 1.165) is 42.6 Å². The summed E-state index contributed by atoms with van der Waals surface area (Å²) in [6.07, 6.45) is 4.71. The summed E-state index contributed by atoms with van der Waals surface area (Å²) in [5, 5.41) is 9.18. The van der Waals surface area contributed by atoms with E-state index in [9.17, 15) is 4.79 Å². The maximum atomic E-state index is 12.0. The summed E-state index contributed by atoms with van der Waals surface area (Å²) in [6.45, 7) is 2.07. The Kier molecular flexibility index (Phi) is 4.18. The largest absolute Gasteiger partial charge is 0.368 e. The van der Waals surface area contributed by atoms with E-state index >= 15 is 0 Å². The quantitative estimate of drug-likeness (QED) is 0.816. The molecule has 2 fully saturated rings. The Labute approximate surface area is 145 Å². The minimum Gasteiger partial charge on any atom is -0.368 e. The first-order valence-corrected chi connectivity index (χ1v) is 9.33. The molecule has 1 saturated carbocycles. The molecule has 2 heterocycles. The van der Waals surface area contributed by atoms with E-state index in [-0.39, 0.29) is 5.91 Å². The monoisotopic (exact) mass is 343 g/mol. The third-order valence-corrected chi connectivity index (χ3v) is 5.76. The molecule has 1 aromatic carbocycles. The topological polar surface area (TPSA) is 77.0 Å². The van der Waals surface area contributed by atoms with Gasteiger partial charge in [0.15, 0.2) is 5.16 Å². The molecule has 126 valence electrons. The van der Waals surface area contributed by atoms with Crippen molar-refractivity contribution in [2.45, 2.75) is 42.1 Å². The summed E-state index contributed by atoms with van der Waals surface area (Å²) in [5.74, 6) is 0.605. The van der Waals surface area contributed by atoms with Crippen molar-refractivity contribution < 1.29 is 4.79 Å². The minimum absolute atomic E-state index is 0.348. The van der Waals surface area contributed by atoms with Crippen LogP contribution in [-0.2, 0) is 4.79 Å². The average molecular weight is 343 g/mol. The molecule has 4 rings (SSSR count). The van der Waals surface area contributed by atoms with Gasteiger partial charge in [0, 0.05) is 19.1 Å². The molecule has 0 spiro atoms. The Morgan fingerprint density at radius 1 is 1.17 bits per heavy atom. The van der Waals surface area contributed by atoms with Gasteiger partial charge in [-0.15, -0.1) is 10.2 Å². The second-order valence-corrected chi connectivity index (χ2v) is 7.46. The van der Waals surface area contributed by atoms with Gasteiger partial charge in [0.05, 0.1) is 0 Å². The number of aromatic nitrogens is 3. The van der Waals surface area contributed by atoms with Crippen molar-refractivity contribution in [1.82, 2.24) is 14.8 Å². The van der Waals surface area contributed by atoms with Gasteiger partial charge in [0.1, 0.15) is 5.25 Å². The number of hydrogen-bond acceptors (Lipinski definition) is 5. The summed E-state index contributed by atoms with van der Waals surface area (Å²) < 4.78 is 2.22. The summed E-state index contributed by atoms with van der Waals surface area (Å²) >= 11 is 1.41. The number of hydrogen-bond donors (Lipinski definition) is 1. The van der Waals surface area contributed by atoms with Crippen LogP contribution in [0.25, 0.3) is 0 Å². The van der Waals surface area contributed by atoms with Gasteiger partial charge >= 0.3 is 0 Å². The lowest BCUT2D eigenvalue weighted by Crippen LogP contribution is -2.22. The lowest BCUT2D eigenvalue weighted by molar-refractivity contribution is -0.117. The van der Waals surface area contributed by atoms with Gasteiger partial charge in [-0.25, -0.2) is 0 Å². The van der Waals surface area contributed by atoms with Crippen LogP contribution in [0.3, 0.4) is 0 Å². The van der Waals surface area contributed by atoms with Gasteiger partial charge in [-0.3, -0.25) is 9.36 Å². The number of nitrogens with two attached hydrogens (primary N) is 1. The standard InChI is InChI=1S/C17H21N5OS/c18-15(23)14(12-6-2-1-3-7-12)24-17-20-19-16(21-10-4-5-11-21)22(17)13-8-9-13/h1-3,6-7,13-14H,4-5,8-11H2,(H2,18,23)/t14-/m1/s1. The van der Waals surface area contributed by atoms with Gasteiger partial charge in [-0.1, -0.05) is 42.1 Å². The van der Waals surface area contributed by atoms with Gasteiger partial charge in [-0.2, -0.15) is 0 Å². The van der Waals surface area contributed by atoms with Crippen LogP contribution in [0.15, 0.2) is 35.5 Å².